The van der Waals surface area contributed by atoms with Crippen LogP contribution < -0.4 is 9.46 Å². The Kier molecular flexibility index (Phi) is 5.39. The monoisotopic (exact) mass is 343 g/mol. The molecule has 7 heteroatoms. The van der Waals surface area contributed by atoms with Crippen LogP contribution in [0.4, 0.5) is 4.39 Å². The Morgan fingerprint density at radius 2 is 1.86 bits per heavy atom. The predicted octanol–water partition coefficient (Wildman–Crippen LogP) is 3.01. The number of hydrogen-bond donors (Lipinski definition) is 1. The van der Waals surface area contributed by atoms with Gasteiger partial charge >= 0.3 is 0 Å². The third kappa shape index (κ3) is 4.19. The van der Waals surface area contributed by atoms with Gasteiger partial charge in [-0.1, -0.05) is 11.6 Å². The van der Waals surface area contributed by atoms with E-state index in [9.17, 15) is 12.8 Å². The van der Waals surface area contributed by atoms with E-state index in [0.29, 0.717) is 17.2 Å². The molecule has 2 rings (SSSR count). The van der Waals surface area contributed by atoms with Crippen LogP contribution in [-0.4, -0.2) is 22.1 Å². The Bertz CT molecular complexity index is 748. The molecule has 0 amide bonds. The second-order valence-electron chi connectivity index (χ2n) is 4.56. The summed E-state index contributed by atoms with van der Waals surface area (Å²) in [5.74, 6) is 0.160. The molecule has 0 fully saturated rings. The van der Waals surface area contributed by atoms with Crippen molar-refractivity contribution < 1.29 is 17.5 Å². The predicted molar refractivity (Wildman–Crippen MR) is 83.3 cm³/mol. The van der Waals surface area contributed by atoms with Gasteiger partial charge in [0.1, 0.15) is 11.6 Å². The minimum atomic E-state index is -3.67. The molecule has 0 bridgehead atoms. The molecular formula is C15H15ClFNO3S. The van der Waals surface area contributed by atoms with E-state index in [1.54, 1.807) is 18.2 Å². The van der Waals surface area contributed by atoms with Crippen LogP contribution in [0, 0.1) is 5.82 Å². The molecule has 0 saturated heterocycles. The van der Waals surface area contributed by atoms with Crippen LogP contribution in [-0.2, 0) is 16.4 Å². The van der Waals surface area contributed by atoms with Crippen LogP contribution in [0.3, 0.4) is 0 Å². The van der Waals surface area contributed by atoms with E-state index in [0.717, 1.165) is 17.7 Å². The average molecular weight is 344 g/mol. The lowest BCUT2D eigenvalue weighted by Crippen LogP contribution is -2.26. The lowest BCUT2D eigenvalue weighted by atomic mass is 10.1. The number of halogens is 2. The van der Waals surface area contributed by atoms with Gasteiger partial charge in [-0.15, -0.1) is 0 Å². The standard InChI is InChI=1S/C15H15ClFNO3S/c1-21-15-7-2-12(16)10-11(15)8-9-18-22(19,20)14-5-3-13(17)4-6-14/h2-7,10,18H,8-9H2,1H3. The van der Waals surface area contributed by atoms with Crippen molar-refractivity contribution in [1.29, 1.82) is 0 Å². The average Bonchev–Trinajstić information content (AvgIpc) is 2.48. The molecule has 0 aliphatic heterocycles. The third-order valence-electron chi connectivity index (χ3n) is 3.05. The first-order valence-electron chi connectivity index (χ1n) is 6.50. The fourth-order valence-corrected chi connectivity index (χ4v) is 3.19. The quantitative estimate of drug-likeness (QED) is 0.877. The van der Waals surface area contributed by atoms with Gasteiger partial charge in [-0.05, 0) is 54.4 Å². The number of nitrogens with one attached hydrogen (secondary N) is 1. The minimum Gasteiger partial charge on any atom is -0.496 e. The fourth-order valence-electron chi connectivity index (χ4n) is 1.96. The van der Waals surface area contributed by atoms with Crippen LogP contribution in [0.2, 0.25) is 5.02 Å². The lowest BCUT2D eigenvalue weighted by Gasteiger charge is -2.10. The summed E-state index contributed by atoms with van der Waals surface area (Å²) in [4.78, 5) is 0.0203. The summed E-state index contributed by atoms with van der Waals surface area (Å²) >= 11 is 5.92. The summed E-state index contributed by atoms with van der Waals surface area (Å²) in [5, 5.41) is 0.553. The van der Waals surface area contributed by atoms with Crippen LogP contribution in [0.15, 0.2) is 47.4 Å². The Morgan fingerprint density at radius 1 is 1.18 bits per heavy atom. The number of hydrogen-bond acceptors (Lipinski definition) is 3. The summed E-state index contributed by atoms with van der Waals surface area (Å²) in [6, 6.07) is 9.81. The molecule has 1 N–H and O–H groups in total. The topological polar surface area (TPSA) is 55.4 Å². The first kappa shape index (κ1) is 16.7. The van der Waals surface area contributed by atoms with Crippen molar-refractivity contribution in [3.63, 3.8) is 0 Å². The zero-order valence-corrected chi connectivity index (χ0v) is 13.4. The van der Waals surface area contributed by atoms with Gasteiger partial charge in [0.2, 0.25) is 10.0 Å². The molecule has 0 aliphatic rings. The zero-order chi connectivity index (χ0) is 16.2. The summed E-state index contributed by atoms with van der Waals surface area (Å²) in [6.45, 7) is 0.177. The molecular weight excluding hydrogens is 329 g/mol. The van der Waals surface area contributed by atoms with Gasteiger partial charge in [-0.2, -0.15) is 0 Å². The second kappa shape index (κ2) is 7.09. The van der Waals surface area contributed by atoms with Crippen molar-refractivity contribution in [2.75, 3.05) is 13.7 Å². The molecule has 0 heterocycles. The van der Waals surface area contributed by atoms with Crippen molar-refractivity contribution >= 4 is 21.6 Å². The lowest BCUT2D eigenvalue weighted by molar-refractivity contribution is 0.409. The van der Waals surface area contributed by atoms with Gasteiger partial charge in [-0.3, -0.25) is 0 Å². The van der Waals surface area contributed by atoms with E-state index in [4.69, 9.17) is 16.3 Å². The number of sulfonamides is 1. The van der Waals surface area contributed by atoms with Gasteiger partial charge in [-0.25, -0.2) is 17.5 Å². The highest BCUT2D eigenvalue weighted by molar-refractivity contribution is 7.89. The molecule has 0 saturated carbocycles. The largest absolute Gasteiger partial charge is 0.496 e. The number of rotatable bonds is 6. The van der Waals surface area contributed by atoms with E-state index in [1.165, 1.54) is 19.2 Å². The normalized spacial score (nSPS) is 11.4. The van der Waals surface area contributed by atoms with Crippen LogP contribution in [0.1, 0.15) is 5.56 Å². The highest BCUT2D eigenvalue weighted by Gasteiger charge is 2.14. The summed E-state index contributed by atoms with van der Waals surface area (Å²) < 4.78 is 44.6. The summed E-state index contributed by atoms with van der Waals surface area (Å²) in [5.41, 5.74) is 0.803. The molecule has 2 aromatic carbocycles. The first-order chi connectivity index (χ1) is 10.4. The highest BCUT2D eigenvalue weighted by atomic mass is 35.5. The van der Waals surface area contributed by atoms with E-state index in [2.05, 4.69) is 4.72 Å². The van der Waals surface area contributed by atoms with Crippen molar-refractivity contribution in [3.05, 3.63) is 58.9 Å². The van der Waals surface area contributed by atoms with Gasteiger partial charge in [0, 0.05) is 11.6 Å². The van der Waals surface area contributed by atoms with Crippen molar-refractivity contribution in [2.45, 2.75) is 11.3 Å². The van der Waals surface area contributed by atoms with Gasteiger partial charge in [0.15, 0.2) is 0 Å². The highest BCUT2D eigenvalue weighted by Crippen LogP contribution is 2.23. The molecule has 118 valence electrons. The van der Waals surface area contributed by atoms with E-state index in [1.807, 2.05) is 0 Å². The van der Waals surface area contributed by atoms with Crippen molar-refractivity contribution in [1.82, 2.24) is 4.72 Å². The van der Waals surface area contributed by atoms with Crippen LogP contribution in [0.25, 0.3) is 0 Å². The summed E-state index contributed by atoms with van der Waals surface area (Å²) in [7, 11) is -2.13. The third-order valence-corrected chi connectivity index (χ3v) is 4.76. The van der Waals surface area contributed by atoms with E-state index >= 15 is 0 Å². The fraction of sp³-hybridized carbons (Fsp3) is 0.200. The SMILES string of the molecule is COc1ccc(Cl)cc1CCNS(=O)(=O)c1ccc(F)cc1. The second-order valence-corrected chi connectivity index (χ2v) is 6.76. The Morgan fingerprint density at radius 3 is 2.50 bits per heavy atom. The zero-order valence-electron chi connectivity index (χ0n) is 11.8. The molecule has 2 aromatic rings. The minimum absolute atomic E-state index is 0.0203. The maximum Gasteiger partial charge on any atom is 0.240 e. The van der Waals surface area contributed by atoms with E-state index in [-0.39, 0.29) is 11.4 Å². The number of benzene rings is 2. The molecule has 0 aromatic heterocycles. The van der Waals surface area contributed by atoms with Gasteiger partial charge < -0.3 is 4.74 Å². The van der Waals surface area contributed by atoms with E-state index < -0.39 is 15.8 Å². The smallest absolute Gasteiger partial charge is 0.240 e. The van der Waals surface area contributed by atoms with Gasteiger partial charge in [0.25, 0.3) is 0 Å². The maximum absolute atomic E-state index is 12.8. The van der Waals surface area contributed by atoms with Crippen molar-refractivity contribution in [3.8, 4) is 5.75 Å². The maximum atomic E-state index is 12.8. The number of methoxy groups -OCH3 is 1. The van der Waals surface area contributed by atoms with Crippen LogP contribution >= 0.6 is 11.6 Å². The molecule has 0 radical (unpaired) electrons. The van der Waals surface area contributed by atoms with Crippen molar-refractivity contribution in [2.24, 2.45) is 0 Å². The molecule has 0 aliphatic carbocycles. The number of ether oxygens (including phenoxy) is 1. The van der Waals surface area contributed by atoms with Crippen LogP contribution in [0.5, 0.6) is 5.75 Å². The first-order valence-corrected chi connectivity index (χ1v) is 8.36. The molecule has 0 atom stereocenters. The molecule has 0 spiro atoms. The molecule has 4 nitrogen and oxygen atoms in total. The Labute approximate surface area is 133 Å². The molecule has 22 heavy (non-hydrogen) atoms. The summed E-state index contributed by atoms with van der Waals surface area (Å²) in [6.07, 6.45) is 0.421. The Hall–Kier alpha value is -1.63. The van der Waals surface area contributed by atoms with Gasteiger partial charge in [0.05, 0.1) is 12.0 Å². The molecule has 0 unspecified atom stereocenters. The Balaban J connectivity index is 2.04.